The summed E-state index contributed by atoms with van der Waals surface area (Å²) < 4.78 is 0. The monoisotopic (exact) mass is 293 g/mol. The van der Waals surface area contributed by atoms with Gasteiger partial charge in [-0.2, -0.15) is 0 Å². The van der Waals surface area contributed by atoms with E-state index in [0.29, 0.717) is 12.5 Å². The Morgan fingerprint density at radius 1 is 1.35 bits per heavy atom. The fourth-order valence-corrected chi connectivity index (χ4v) is 4.63. The predicted octanol–water partition coefficient (Wildman–Crippen LogP) is 2.67. The number of rotatable bonds is 3. The second-order valence-electron chi connectivity index (χ2n) is 5.98. The van der Waals surface area contributed by atoms with E-state index in [2.05, 4.69) is 4.98 Å². The van der Waals surface area contributed by atoms with Crippen LogP contribution in [0.25, 0.3) is 0 Å². The van der Waals surface area contributed by atoms with E-state index in [-0.39, 0.29) is 11.9 Å². The van der Waals surface area contributed by atoms with Crippen LogP contribution in [0.3, 0.4) is 0 Å². The first-order valence-electron chi connectivity index (χ1n) is 7.69. The Hall–Kier alpha value is -0.940. The molecule has 1 aliphatic carbocycles. The van der Waals surface area contributed by atoms with Crippen molar-refractivity contribution >= 4 is 17.2 Å². The molecule has 110 valence electrons. The zero-order valence-electron chi connectivity index (χ0n) is 12.1. The minimum atomic E-state index is 0.150. The van der Waals surface area contributed by atoms with Gasteiger partial charge in [-0.15, -0.1) is 11.3 Å². The van der Waals surface area contributed by atoms with E-state index in [4.69, 9.17) is 5.73 Å². The zero-order valence-corrected chi connectivity index (χ0v) is 12.9. The molecule has 1 saturated carbocycles. The third kappa shape index (κ3) is 2.49. The molecule has 0 unspecified atom stereocenters. The van der Waals surface area contributed by atoms with Gasteiger partial charge in [0.2, 0.25) is 0 Å². The van der Waals surface area contributed by atoms with Crippen molar-refractivity contribution in [2.45, 2.75) is 57.4 Å². The quantitative estimate of drug-likeness (QED) is 0.932. The van der Waals surface area contributed by atoms with E-state index < -0.39 is 0 Å². The molecule has 0 spiro atoms. The number of aryl methyl sites for hydroxylation is 1. The normalized spacial score (nSPS) is 23.7. The van der Waals surface area contributed by atoms with Crippen LogP contribution in [0.5, 0.6) is 0 Å². The summed E-state index contributed by atoms with van der Waals surface area (Å²) in [6.45, 7) is 3.38. The molecule has 1 aliphatic heterocycles. The molecule has 2 N–H and O–H groups in total. The van der Waals surface area contributed by atoms with Gasteiger partial charge >= 0.3 is 0 Å². The van der Waals surface area contributed by atoms with Crippen LogP contribution in [-0.4, -0.2) is 34.9 Å². The lowest BCUT2D eigenvalue weighted by Crippen LogP contribution is -2.39. The summed E-state index contributed by atoms with van der Waals surface area (Å²) in [5.41, 5.74) is 6.68. The number of nitrogens with zero attached hydrogens (tertiary/aromatic N) is 2. The number of thiazole rings is 1. The van der Waals surface area contributed by atoms with Gasteiger partial charge in [0.25, 0.3) is 5.91 Å². The van der Waals surface area contributed by atoms with Crippen LogP contribution in [0.15, 0.2) is 0 Å². The smallest absolute Gasteiger partial charge is 0.266 e. The maximum Gasteiger partial charge on any atom is 0.266 e. The van der Waals surface area contributed by atoms with Crippen molar-refractivity contribution in [1.29, 1.82) is 0 Å². The summed E-state index contributed by atoms with van der Waals surface area (Å²) in [5.74, 6) is 0.737. The topological polar surface area (TPSA) is 59.2 Å². The van der Waals surface area contributed by atoms with Crippen LogP contribution in [0.2, 0.25) is 0 Å². The Morgan fingerprint density at radius 2 is 2.10 bits per heavy atom. The molecule has 2 heterocycles. The summed E-state index contributed by atoms with van der Waals surface area (Å²) in [7, 11) is 0. The highest BCUT2D eigenvalue weighted by Crippen LogP contribution is 2.37. The van der Waals surface area contributed by atoms with E-state index in [1.807, 2.05) is 11.8 Å². The van der Waals surface area contributed by atoms with Gasteiger partial charge in [-0.3, -0.25) is 4.79 Å². The van der Waals surface area contributed by atoms with E-state index in [1.54, 1.807) is 11.3 Å². The van der Waals surface area contributed by atoms with Crippen molar-refractivity contribution in [2.24, 2.45) is 5.73 Å². The second kappa shape index (κ2) is 5.82. The van der Waals surface area contributed by atoms with Crippen molar-refractivity contribution in [3.05, 3.63) is 15.6 Å². The lowest BCUT2D eigenvalue weighted by Gasteiger charge is -2.22. The molecule has 0 aromatic carbocycles. The second-order valence-corrected chi connectivity index (χ2v) is 7.01. The van der Waals surface area contributed by atoms with Gasteiger partial charge < -0.3 is 10.6 Å². The molecule has 1 aromatic rings. The van der Waals surface area contributed by atoms with E-state index >= 15 is 0 Å². The van der Waals surface area contributed by atoms with Crippen molar-refractivity contribution in [3.63, 3.8) is 0 Å². The Balaban J connectivity index is 1.80. The average Bonchev–Trinajstić information content (AvgIpc) is 3.17. The number of aromatic nitrogens is 1. The van der Waals surface area contributed by atoms with Crippen LogP contribution in [0.4, 0.5) is 0 Å². The van der Waals surface area contributed by atoms with Gasteiger partial charge in [0.05, 0.1) is 10.7 Å². The standard InChI is InChI=1S/C15H23N3OS/c1-10-13(15(19)18-8-4-7-12(18)9-16)20-14(17-10)11-5-2-3-6-11/h11-12H,2-9,16H2,1H3/t12-/m1/s1. The SMILES string of the molecule is Cc1nc(C2CCCC2)sc1C(=O)N1CCC[C@@H]1CN. The summed E-state index contributed by atoms with van der Waals surface area (Å²) in [6.07, 6.45) is 7.17. The lowest BCUT2D eigenvalue weighted by atomic mass is 10.1. The van der Waals surface area contributed by atoms with Crippen LogP contribution >= 0.6 is 11.3 Å². The van der Waals surface area contributed by atoms with Crippen LogP contribution in [0.1, 0.15) is 64.8 Å². The highest BCUT2D eigenvalue weighted by atomic mass is 32.1. The van der Waals surface area contributed by atoms with Crippen molar-refractivity contribution in [3.8, 4) is 0 Å². The molecule has 2 aliphatic rings. The molecular formula is C15H23N3OS. The average molecular weight is 293 g/mol. The molecule has 1 aromatic heterocycles. The number of carbonyl (C=O) groups is 1. The van der Waals surface area contributed by atoms with Crippen LogP contribution < -0.4 is 5.73 Å². The highest BCUT2D eigenvalue weighted by Gasteiger charge is 2.31. The molecule has 4 nitrogen and oxygen atoms in total. The van der Waals surface area contributed by atoms with Crippen molar-refractivity contribution in [2.75, 3.05) is 13.1 Å². The van der Waals surface area contributed by atoms with E-state index in [9.17, 15) is 4.79 Å². The minimum Gasteiger partial charge on any atom is -0.334 e. The van der Waals surface area contributed by atoms with E-state index in [0.717, 1.165) is 30.0 Å². The first-order valence-corrected chi connectivity index (χ1v) is 8.50. The van der Waals surface area contributed by atoms with Gasteiger partial charge in [0, 0.05) is 25.0 Å². The zero-order chi connectivity index (χ0) is 14.1. The van der Waals surface area contributed by atoms with Gasteiger partial charge in [-0.05, 0) is 32.6 Å². The maximum atomic E-state index is 12.7. The van der Waals surface area contributed by atoms with E-state index in [1.165, 1.54) is 30.7 Å². The van der Waals surface area contributed by atoms with Gasteiger partial charge in [0.15, 0.2) is 0 Å². The van der Waals surface area contributed by atoms with Crippen molar-refractivity contribution in [1.82, 2.24) is 9.88 Å². The van der Waals surface area contributed by atoms with Crippen LogP contribution in [0, 0.1) is 6.92 Å². The molecule has 2 fully saturated rings. The third-order valence-electron chi connectivity index (χ3n) is 4.62. The maximum absolute atomic E-state index is 12.7. The highest BCUT2D eigenvalue weighted by molar-refractivity contribution is 7.13. The predicted molar refractivity (Wildman–Crippen MR) is 81.2 cm³/mol. The number of amides is 1. The molecular weight excluding hydrogens is 270 g/mol. The van der Waals surface area contributed by atoms with Gasteiger partial charge in [-0.1, -0.05) is 12.8 Å². The molecule has 1 amide bonds. The molecule has 0 bridgehead atoms. The summed E-state index contributed by atoms with van der Waals surface area (Å²) in [5, 5.41) is 1.17. The number of likely N-dealkylation sites (tertiary alicyclic amines) is 1. The number of carbonyl (C=O) groups excluding carboxylic acids is 1. The molecule has 3 rings (SSSR count). The Bertz CT molecular complexity index is 493. The largest absolute Gasteiger partial charge is 0.334 e. The molecule has 20 heavy (non-hydrogen) atoms. The number of hydrogen-bond donors (Lipinski definition) is 1. The Labute approximate surface area is 124 Å². The number of nitrogens with two attached hydrogens (primary N) is 1. The third-order valence-corrected chi connectivity index (χ3v) is 5.93. The fraction of sp³-hybridized carbons (Fsp3) is 0.733. The first kappa shape index (κ1) is 14.0. The molecule has 1 saturated heterocycles. The number of hydrogen-bond acceptors (Lipinski definition) is 4. The molecule has 1 atom stereocenters. The van der Waals surface area contributed by atoms with Crippen molar-refractivity contribution < 1.29 is 4.79 Å². The Kier molecular flexibility index (Phi) is 4.08. The summed E-state index contributed by atoms with van der Waals surface area (Å²) in [4.78, 5) is 20.2. The molecule has 5 heteroatoms. The van der Waals surface area contributed by atoms with Crippen LogP contribution in [-0.2, 0) is 0 Å². The minimum absolute atomic E-state index is 0.150. The lowest BCUT2D eigenvalue weighted by molar-refractivity contribution is 0.0745. The summed E-state index contributed by atoms with van der Waals surface area (Å²) >= 11 is 1.62. The summed E-state index contributed by atoms with van der Waals surface area (Å²) in [6, 6.07) is 0.221. The fourth-order valence-electron chi connectivity index (χ4n) is 3.44. The van der Waals surface area contributed by atoms with Gasteiger partial charge in [-0.25, -0.2) is 4.98 Å². The molecule has 0 radical (unpaired) electrons. The Morgan fingerprint density at radius 3 is 2.80 bits per heavy atom. The van der Waals surface area contributed by atoms with Gasteiger partial charge in [0.1, 0.15) is 4.88 Å². The first-order chi connectivity index (χ1) is 9.70.